The zero-order valence-corrected chi connectivity index (χ0v) is 19.9. The summed E-state index contributed by atoms with van der Waals surface area (Å²) in [5.74, 6) is -2.94. The van der Waals surface area contributed by atoms with Crippen LogP contribution in [0.4, 0.5) is 8.78 Å². The van der Waals surface area contributed by atoms with Crippen LogP contribution in [0.15, 0.2) is 95.9 Å². The summed E-state index contributed by atoms with van der Waals surface area (Å²) in [6, 6.07) is 21.3. The van der Waals surface area contributed by atoms with Gasteiger partial charge in [0.05, 0.1) is 27.2 Å². The lowest BCUT2D eigenvalue weighted by atomic mass is 10.0. The first-order valence-electron chi connectivity index (χ1n) is 10.6. The lowest BCUT2D eigenvalue weighted by molar-refractivity contribution is 0.0697. The van der Waals surface area contributed by atoms with E-state index in [1.54, 1.807) is 36.4 Å². The van der Waals surface area contributed by atoms with Crippen LogP contribution in [0.2, 0.25) is 5.02 Å². The SMILES string of the molecule is O=C(O)c1ccc(-c2ccc3c(c2)cc(-c2c(F)cccc2F)n3S(=O)(=O)c2ccccc2)c(Cl)c1. The molecule has 0 spiro atoms. The van der Waals surface area contributed by atoms with E-state index in [1.807, 2.05) is 0 Å². The molecule has 0 aliphatic heterocycles. The molecule has 0 unspecified atom stereocenters. The van der Waals surface area contributed by atoms with E-state index in [-0.39, 0.29) is 26.7 Å². The van der Waals surface area contributed by atoms with Crippen LogP contribution in [0.1, 0.15) is 10.4 Å². The van der Waals surface area contributed by atoms with Crippen LogP contribution in [0.3, 0.4) is 0 Å². The van der Waals surface area contributed by atoms with Crippen LogP contribution in [0.25, 0.3) is 33.3 Å². The third kappa shape index (κ3) is 3.94. The Morgan fingerprint density at radius 3 is 2.17 bits per heavy atom. The number of nitrogens with zero attached hydrogens (tertiary/aromatic N) is 1. The van der Waals surface area contributed by atoms with Crippen molar-refractivity contribution < 1.29 is 27.1 Å². The summed E-state index contributed by atoms with van der Waals surface area (Å²) in [5, 5.41) is 9.77. The van der Waals surface area contributed by atoms with Crippen LogP contribution in [0.5, 0.6) is 0 Å². The number of hydrogen-bond acceptors (Lipinski definition) is 3. The number of carbonyl (C=O) groups is 1. The van der Waals surface area contributed by atoms with Crippen molar-refractivity contribution in [1.29, 1.82) is 0 Å². The number of benzene rings is 4. The zero-order chi connectivity index (χ0) is 25.6. The fourth-order valence-corrected chi connectivity index (χ4v) is 5.94. The van der Waals surface area contributed by atoms with E-state index >= 15 is 0 Å². The van der Waals surface area contributed by atoms with Gasteiger partial charge in [-0.15, -0.1) is 0 Å². The summed E-state index contributed by atoms with van der Waals surface area (Å²) in [4.78, 5) is 11.2. The maximum atomic E-state index is 14.8. The van der Waals surface area contributed by atoms with Gasteiger partial charge in [-0.1, -0.05) is 48.0 Å². The maximum absolute atomic E-state index is 14.8. The average molecular weight is 524 g/mol. The minimum atomic E-state index is -4.24. The predicted molar refractivity (Wildman–Crippen MR) is 134 cm³/mol. The molecule has 0 saturated carbocycles. The average Bonchev–Trinajstić information content (AvgIpc) is 3.23. The van der Waals surface area contributed by atoms with Gasteiger partial charge in [0.2, 0.25) is 0 Å². The molecule has 180 valence electrons. The van der Waals surface area contributed by atoms with Gasteiger partial charge < -0.3 is 5.11 Å². The van der Waals surface area contributed by atoms with Crippen molar-refractivity contribution in [2.75, 3.05) is 0 Å². The second-order valence-corrected chi connectivity index (χ2v) is 10.2. The lowest BCUT2D eigenvalue weighted by Gasteiger charge is -2.13. The van der Waals surface area contributed by atoms with Crippen molar-refractivity contribution in [3.8, 4) is 22.4 Å². The van der Waals surface area contributed by atoms with Gasteiger partial charge in [-0.3, -0.25) is 0 Å². The Morgan fingerprint density at radius 2 is 1.53 bits per heavy atom. The van der Waals surface area contributed by atoms with Gasteiger partial charge in [-0.2, -0.15) is 0 Å². The van der Waals surface area contributed by atoms with Crippen LogP contribution < -0.4 is 0 Å². The first kappa shape index (κ1) is 23.7. The molecule has 5 nitrogen and oxygen atoms in total. The van der Waals surface area contributed by atoms with Gasteiger partial charge >= 0.3 is 5.97 Å². The number of fused-ring (bicyclic) bond motifs is 1. The monoisotopic (exact) mass is 523 g/mol. The molecule has 0 aliphatic carbocycles. The standard InChI is InChI=1S/C27H16ClF2NO4S/c28-21-14-17(27(32)33)9-11-20(21)16-10-12-24-18(13-16)15-25(26-22(29)7-4-8-23(26)30)31(24)36(34,35)19-5-2-1-3-6-19/h1-15H,(H,32,33). The second-order valence-electron chi connectivity index (χ2n) is 7.98. The summed E-state index contributed by atoms with van der Waals surface area (Å²) in [6.45, 7) is 0. The van der Waals surface area contributed by atoms with Crippen LogP contribution >= 0.6 is 11.6 Å². The number of carboxylic acid groups (broad SMARTS) is 1. The van der Waals surface area contributed by atoms with Gasteiger partial charge in [0.15, 0.2) is 0 Å². The molecule has 1 N–H and O–H groups in total. The van der Waals surface area contributed by atoms with Crippen LogP contribution in [-0.4, -0.2) is 23.5 Å². The number of hydrogen-bond donors (Lipinski definition) is 1. The maximum Gasteiger partial charge on any atom is 0.335 e. The summed E-state index contributed by atoms with van der Waals surface area (Å²) in [7, 11) is -4.24. The molecule has 9 heteroatoms. The number of halogens is 3. The van der Waals surface area contributed by atoms with E-state index in [4.69, 9.17) is 11.6 Å². The van der Waals surface area contributed by atoms with Gasteiger partial charge in [0.1, 0.15) is 11.6 Å². The van der Waals surface area contributed by atoms with E-state index in [0.717, 1.165) is 16.1 Å². The zero-order valence-electron chi connectivity index (χ0n) is 18.3. The molecule has 4 aromatic carbocycles. The van der Waals surface area contributed by atoms with Crippen molar-refractivity contribution in [3.05, 3.63) is 113 Å². The molecule has 36 heavy (non-hydrogen) atoms. The van der Waals surface area contributed by atoms with E-state index in [0.29, 0.717) is 16.5 Å². The van der Waals surface area contributed by atoms with Crippen molar-refractivity contribution in [2.24, 2.45) is 0 Å². The fourth-order valence-electron chi connectivity index (χ4n) is 4.11. The molecular formula is C27H16ClF2NO4S. The van der Waals surface area contributed by atoms with Crippen molar-refractivity contribution in [3.63, 3.8) is 0 Å². The molecule has 5 aromatic rings. The van der Waals surface area contributed by atoms with E-state index in [1.165, 1.54) is 42.5 Å². The third-order valence-electron chi connectivity index (χ3n) is 5.78. The minimum absolute atomic E-state index is 0.0160. The molecule has 0 bridgehead atoms. The number of aromatic carboxylic acids is 1. The normalized spacial score (nSPS) is 11.6. The van der Waals surface area contributed by atoms with E-state index in [9.17, 15) is 27.1 Å². The van der Waals surface area contributed by atoms with Crippen molar-refractivity contribution in [1.82, 2.24) is 3.97 Å². The highest BCUT2D eigenvalue weighted by atomic mass is 35.5. The molecule has 0 atom stereocenters. The Bertz CT molecular complexity index is 1750. The Morgan fingerprint density at radius 1 is 0.833 bits per heavy atom. The van der Waals surface area contributed by atoms with Gasteiger partial charge in [-0.25, -0.2) is 26.0 Å². The van der Waals surface area contributed by atoms with Gasteiger partial charge in [0, 0.05) is 16.0 Å². The second kappa shape index (κ2) is 8.89. The minimum Gasteiger partial charge on any atom is -0.478 e. The Labute approximate surface area is 209 Å². The number of carboxylic acids is 1. The molecule has 1 aromatic heterocycles. The summed E-state index contributed by atoms with van der Waals surface area (Å²) in [6.07, 6.45) is 0. The van der Waals surface area contributed by atoms with Crippen molar-refractivity contribution >= 4 is 38.5 Å². The highest BCUT2D eigenvalue weighted by Crippen LogP contribution is 2.38. The van der Waals surface area contributed by atoms with E-state index in [2.05, 4.69) is 0 Å². The Balaban J connectivity index is 1.79. The lowest BCUT2D eigenvalue weighted by Crippen LogP contribution is -2.14. The molecule has 0 aliphatic rings. The highest BCUT2D eigenvalue weighted by Gasteiger charge is 2.27. The molecule has 0 radical (unpaired) electrons. The Kier molecular flexibility index (Phi) is 5.86. The summed E-state index contributed by atoms with van der Waals surface area (Å²) in [5.41, 5.74) is 0.661. The van der Waals surface area contributed by atoms with Gasteiger partial charge in [0.25, 0.3) is 10.0 Å². The summed E-state index contributed by atoms with van der Waals surface area (Å²) >= 11 is 6.32. The first-order chi connectivity index (χ1) is 17.2. The fraction of sp³-hybridized carbons (Fsp3) is 0. The molecule has 5 rings (SSSR count). The molecular weight excluding hydrogens is 508 g/mol. The predicted octanol–water partition coefficient (Wildman–Crippen LogP) is 6.84. The molecule has 0 saturated heterocycles. The number of rotatable bonds is 5. The number of aromatic nitrogens is 1. The van der Waals surface area contributed by atoms with Gasteiger partial charge in [-0.05, 0) is 60.2 Å². The topological polar surface area (TPSA) is 76.4 Å². The third-order valence-corrected chi connectivity index (χ3v) is 7.84. The smallest absolute Gasteiger partial charge is 0.335 e. The summed E-state index contributed by atoms with van der Waals surface area (Å²) < 4.78 is 57.9. The Hall–Kier alpha value is -4.01. The van der Waals surface area contributed by atoms with Crippen LogP contribution in [0, 0.1) is 11.6 Å². The highest BCUT2D eigenvalue weighted by molar-refractivity contribution is 7.90. The van der Waals surface area contributed by atoms with Crippen molar-refractivity contribution in [2.45, 2.75) is 4.90 Å². The molecule has 0 fully saturated rings. The molecule has 0 amide bonds. The molecule has 1 heterocycles. The largest absolute Gasteiger partial charge is 0.478 e. The first-order valence-corrected chi connectivity index (χ1v) is 12.4. The van der Waals surface area contributed by atoms with E-state index < -0.39 is 33.2 Å². The quantitative estimate of drug-likeness (QED) is 0.273. The van der Waals surface area contributed by atoms with Crippen LogP contribution in [-0.2, 0) is 10.0 Å².